The standard InChI is InChI=1S/C4H5NOS2/c1-3-5-2-7-4(6)8-3/h2H2,1H3. The van der Waals surface area contributed by atoms with Crippen molar-refractivity contribution in [3.05, 3.63) is 0 Å². The second-order valence-corrected chi connectivity index (χ2v) is 3.64. The minimum absolute atomic E-state index is 0.164. The van der Waals surface area contributed by atoms with Crippen molar-refractivity contribution in [2.24, 2.45) is 4.99 Å². The number of nitrogens with zero attached hydrogens (tertiary/aromatic N) is 1. The second kappa shape index (κ2) is 2.55. The van der Waals surface area contributed by atoms with Crippen LogP contribution in [0, 0.1) is 0 Å². The first kappa shape index (κ1) is 6.16. The molecule has 0 saturated heterocycles. The lowest BCUT2D eigenvalue weighted by atomic mass is 10.9. The minimum Gasteiger partial charge on any atom is -0.274 e. The van der Waals surface area contributed by atoms with Gasteiger partial charge in [0.2, 0.25) is 0 Å². The molecule has 0 spiro atoms. The number of aliphatic imine (C=N–C) groups is 1. The molecule has 2 nitrogen and oxygen atoms in total. The van der Waals surface area contributed by atoms with E-state index < -0.39 is 0 Å². The predicted octanol–water partition coefficient (Wildman–Crippen LogP) is 1.96. The first-order valence-corrected chi connectivity index (χ1v) is 3.95. The third-order valence-electron chi connectivity index (χ3n) is 0.701. The summed E-state index contributed by atoms with van der Waals surface area (Å²) in [6, 6.07) is 0. The van der Waals surface area contributed by atoms with Gasteiger partial charge in [0.1, 0.15) is 0 Å². The van der Waals surface area contributed by atoms with Crippen molar-refractivity contribution in [2.75, 3.05) is 5.88 Å². The molecule has 0 aromatic rings. The lowest BCUT2D eigenvalue weighted by molar-refractivity contribution is 0.276. The Morgan fingerprint density at radius 3 is 2.88 bits per heavy atom. The Hall–Kier alpha value is 0.0400. The highest BCUT2D eigenvalue weighted by atomic mass is 32.2. The number of hydrogen-bond donors (Lipinski definition) is 0. The van der Waals surface area contributed by atoms with Crippen molar-refractivity contribution in [2.45, 2.75) is 6.92 Å². The Labute approximate surface area is 56.1 Å². The number of thioether (sulfide) groups is 2. The van der Waals surface area contributed by atoms with E-state index in [-0.39, 0.29) is 4.45 Å². The topological polar surface area (TPSA) is 29.4 Å². The Bertz CT molecular complexity index is 143. The molecule has 0 aliphatic carbocycles. The Morgan fingerprint density at radius 1 is 1.75 bits per heavy atom. The molecule has 4 heteroatoms. The van der Waals surface area contributed by atoms with E-state index in [4.69, 9.17) is 0 Å². The molecule has 0 amide bonds. The van der Waals surface area contributed by atoms with Gasteiger partial charge in [-0.3, -0.25) is 9.79 Å². The molecular weight excluding hydrogens is 142 g/mol. The highest BCUT2D eigenvalue weighted by Crippen LogP contribution is 2.22. The van der Waals surface area contributed by atoms with Gasteiger partial charge in [-0.15, -0.1) is 0 Å². The first-order valence-electron chi connectivity index (χ1n) is 2.15. The average Bonchev–Trinajstić information content (AvgIpc) is 1.64. The highest BCUT2D eigenvalue weighted by molar-refractivity contribution is 8.45. The highest BCUT2D eigenvalue weighted by Gasteiger charge is 2.09. The fraction of sp³-hybridized carbons (Fsp3) is 0.500. The van der Waals surface area contributed by atoms with Crippen LogP contribution in [-0.4, -0.2) is 15.4 Å². The smallest absolute Gasteiger partial charge is 0.253 e. The lowest BCUT2D eigenvalue weighted by Crippen LogP contribution is -1.97. The van der Waals surface area contributed by atoms with E-state index >= 15 is 0 Å². The molecule has 0 aromatic heterocycles. The monoisotopic (exact) mass is 147 g/mol. The van der Waals surface area contributed by atoms with Crippen molar-refractivity contribution in [1.82, 2.24) is 0 Å². The van der Waals surface area contributed by atoms with E-state index in [2.05, 4.69) is 4.99 Å². The molecule has 0 radical (unpaired) electrons. The Morgan fingerprint density at radius 2 is 2.50 bits per heavy atom. The van der Waals surface area contributed by atoms with Crippen LogP contribution >= 0.6 is 23.5 Å². The molecule has 1 aliphatic heterocycles. The van der Waals surface area contributed by atoms with Crippen molar-refractivity contribution in [3.63, 3.8) is 0 Å². The van der Waals surface area contributed by atoms with Gasteiger partial charge in [-0.1, -0.05) is 11.8 Å². The van der Waals surface area contributed by atoms with Crippen LogP contribution in [0.1, 0.15) is 6.92 Å². The van der Waals surface area contributed by atoms with Crippen molar-refractivity contribution >= 4 is 33.0 Å². The van der Waals surface area contributed by atoms with Gasteiger partial charge >= 0.3 is 0 Å². The summed E-state index contributed by atoms with van der Waals surface area (Å²) in [5.41, 5.74) is 0. The zero-order chi connectivity index (χ0) is 5.98. The zero-order valence-electron chi connectivity index (χ0n) is 4.38. The number of rotatable bonds is 0. The van der Waals surface area contributed by atoms with Gasteiger partial charge in [-0.25, -0.2) is 0 Å². The number of hydrogen-bond acceptors (Lipinski definition) is 4. The van der Waals surface area contributed by atoms with Crippen molar-refractivity contribution in [3.8, 4) is 0 Å². The third-order valence-corrected chi connectivity index (χ3v) is 2.39. The molecule has 0 fully saturated rings. The molecule has 8 heavy (non-hydrogen) atoms. The van der Waals surface area contributed by atoms with Gasteiger partial charge in [0.25, 0.3) is 4.45 Å². The van der Waals surface area contributed by atoms with Gasteiger partial charge in [0.15, 0.2) is 0 Å². The fourth-order valence-electron chi connectivity index (χ4n) is 0.358. The van der Waals surface area contributed by atoms with Crippen LogP contribution in [-0.2, 0) is 0 Å². The summed E-state index contributed by atoms with van der Waals surface area (Å²) in [6.45, 7) is 1.85. The summed E-state index contributed by atoms with van der Waals surface area (Å²) < 4.78 is 0.164. The SMILES string of the molecule is CC1=NCSC(=O)S1. The summed E-state index contributed by atoms with van der Waals surface area (Å²) in [6.07, 6.45) is 0. The van der Waals surface area contributed by atoms with Crippen molar-refractivity contribution in [1.29, 1.82) is 0 Å². The van der Waals surface area contributed by atoms with Crippen LogP contribution in [0.2, 0.25) is 0 Å². The van der Waals surface area contributed by atoms with Gasteiger partial charge in [0, 0.05) is 0 Å². The summed E-state index contributed by atoms with van der Waals surface area (Å²) in [5.74, 6) is 0.609. The van der Waals surface area contributed by atoms with E-state index in [1.54, 1.807) is 0 Å². The molecule has 0 aromatic carbocycles. The Kier molecular flexibility index (Phi) is 1.96. The number of carbonyl (C=O) groups excluding carboxylic acids is 1. The van der Waals surface area contributed by atoms with Gasteiger partial charge in [-0.05, 0) is 18.7 Å². The summed E-state index contributed by atoms with van der Waals surface area (Å²) in [4.78, 5) is 14.5. The largest absolute Gasteiger partial charge is 0.274 e. The summed E-state index contributed by atoms with van der Waals surface area (Å²) in [5, 5.41) is 0.883. The van der Waals surface area contributed by atoms with Crippen molar-refractivity contribution < 1.29 is 4.79 Å². The van der Waals surface area contributed by atoms with E-state index in [1.807, 2.05) is 6.92 Å². The van der Waals surface area contributed by atoms with Gasteiger partial charge < -0.3 is 0 Å². The zero-order valence-corrected chi connectivity index (χ0v) is 6.01. The first-order chi connectivity index (χ1) is 3.79. The molecular formula is C4H5NOS2. The minimum atomic E-state index is 0.164. The fourth-order valence-corrected chi connectivity index (χ4v) is 1.93. The summed E-state index contributed by atoms with van der Waals surface area (Å²) >= 11 is 2.47. The average molecular weight is 147 g/mol. The quantitative estimate of drug-likeness (QED) is 0.524. The van der Waals surface area contributed by atoms with Gasteiger partial charge in [0.05, 0.1) is 10.9 Å². The van der Waals surface area contributed by atoms with E-state index in [0.717, 1.165) is 5.04 Å². The molecule has 0 unspecified atom stereocenters. The lowest BCUT2D eigenvalue weighted by Gasteiger charge is -2.02. The van der Waals surface area contributed by atoms with E-state index in [9.17, 15) is 4.79 Å². The van der Waals surface area contributed by atoms with Gasteiger partial charge in [-0.2, -0.15) is 0 Å². The van der Waals surface area contributed by atoms with Crippen LogP contribution < -0.4 is 0 Å². The Balaban J connectivity index is 2.57. The van der Waals surface area contributed by atoms with E-state index in [1.165, 1.54) is 23.5 Å². The second-order valence-electron chi connectivity index (χ2n) is 1.30. The predicted molar refractivity (Wildman–Crippen MR) is 38.6 cm³/mol. The molecule has 0 atom stereocenters. The maximum atomic E-state index is 10.5. The molecule has 44 valence electrons. The molecule has 1 rings (SSSR count). The third kappa shape index (κ3) is 1.52. The maximum absolute atomic E-state index is 10.5. The molecule has 0 bridgehead atoms. The molecule has 0 saturated carbocycles. The van der Waals surface area contributed by atoms with Crippen LogP contribution in [0.15, 0.2) is 4.99 Å². The molecule has 1 heterocycles. The molecule has 1 aliphatic rings. The van der Waals surface area contributed by atoms with Crippen LogP contribution in [0.4, 0.5) is 4.79 Å². The molecule has 0 N–H and O–H groups in total. The maximum Gasteiger partial charge on any atom is 0.253 e. The number of carbonyl (C=O) groups is 1. The normalized spacial score (nSPS) is 20.6. The summed E-state index contributed by atoms with van der Waals surface area (Å²) in [7, 11) is 0. The van der Waals surface area contributed by atoms with Crippen LogP contribution in [0.25, 0.3) is 0 Å². The van der Waals surface area contributed by atoms with E-state index in [0.29, 0.717) is 5.88 Å². The van der Waals surface area contributed by atoms with Crippen LogP contribution in [0.3, 0.4) is 0 Å². The van der Waals surface area contributed by atoms with Crippen LogP contribution in [0.5, 0.6) is 0 Å².